The molecular formula is C26H20FN3O2S. The smallest absolute Gasteiger partial charge is 0.308 e. The number of urea groups is 1. The predicted octanol–water partition coefficient (Wildman–Crippen LogP) is 6.40. The Bertz CT molecular complexity index is 1350. The summed E-state index contributed by atoms with van der Waals surface area (Å²) in [6, 6.07) is 26.7. The average Bonchev–Trinajstić information content (AvgIpc) is 3.21. The van der Waals surface area contributed by atoms with Gasteiger partial charge < -0.3 is 10.6 Å². The lowest BCUT2D eigenvalue weighted by Gasteiger charge is -2.25. The number of fused-ring (bicyclic) bond motifs is 1. The van der Waals surface area contributed by atoms with Crippen molar-refractivity contribution in [1.29, 1.82) is 0 Å². The van der Waals surface area contributed by atoms with Gasteiger partial charge in [-0.15, -0.1) is 11.8 Å². The molecule has 5 nitrogen and oxygen atoms in total. The first-order valence-corrected chi connectivity index (χ1v) is 11.5. The van der Waals surface area contributed by atoms with Gasteiger partial charge in [0.15, 0.2) is 0 Å². The van der Waals surface area contributed by atoms with Crippen molar-refractivity contribution in [2.24, 2.45) is 0 Å². The maximum atomic E-state index is 14.4. The Morgan fingerprint density at radius 2 is 1.67 bits per heavy atom. The Morgan fingerprint density at radius 1 is 0.909 bits per heavy atom. The Morgan fingerprint density at radius 3 is 2.55 bits per heavy atom. The van der Waals surface area contributed by atoms with Crippen LogP contribution in [0.3, 0.4) is 0 Å². The molecule has 5 rings (SSSR count). The van der Waals surface area contributed by atoms with Crippen molar-refractivity contribution in [1.82, 2.24) is 0 Å². The number of carbonyl (C=O) groups excluding carboxylic acids is 2. The van der Waals surface area contributed by atoms with E-state index in [2.05, 4.69) is 10.6 Å². The van der Waals surface area contributed by atoms with Crippen LogP contribution in [0, 0.1) is 5.82 Å². The quantitative estimate of drug-likeness (QED) is 0.373. The Kier molecular flexibility index (Phi) is 5.71. The van der Waals surface area contributed by atoms with E-state index in [9.17, 15) is 14.0 Å². The fraction of sp³-hybridized carbons (Fsp3) is 0.0769. The molecule has 0 bridgehead atoms. The van der Waals surface area contributed by atoms with Crippen molar-refractivity contribution in [3.05, 3.63) is 102 Å². The molecule has 0 spiro atoms. The van der Waals surface area contributed by atoms with E-state index in [1.807, 2.05) is 60.7 Å². The minimum absolute atomic E-state index is 0.151. The van der Waals surface area contributed by atoms with E-state index in [1.165, 1.54) is 22.7 Å². The molecule has 1 aliphatic rings. The number of halogens is 1. The minimum Gasteiger partial charge on any atom is -0.308 e. The number of nitrogens with zero attached hydrogens (tertiary/aromatic N) is 1. The number of amides is 3. The molecule has 1 fully saturated rings. The molecule has 1 heterocycles. The van der Waals surface area contributed by atoms with Crippen LogP contribution >= 0.6 is 11.8 Å². The Labute approximate surface area is 194 Å². The van der Waals surface area contributed by atoms with E-state index in [-0.39, 0.29) is 28.8 Å². The topological polar surface area (TPSA) is 61.4 Å². The van der Waals surface area contributed by atoms with Gasteiger partial charge in [-0.3, -0.25) is 9.69 Å². The maximum Gasteiger partial charge on any atom is 0.323 e. The van der Waals surface area contributed by atoms with Crippen LogP contribution in [0.4, 0.5) is 26.2 Å². The summed E-state index contributed by atoms with van der Waals surface area (Å²) >= 11 is 1.43. The number of anilines is 3. The van der Waals surface area contributed by atoms with Crippen LogP contribution in [-0.2, 0) is 4.79 Å². The van der Waals surface area contributed by atoms with Gasteiger partial charge >= 0.3 is 6.03 Å². The average molecular weight is 458 g/mol. The zero-order chi connectivity index (χ0) is 22.8. The normalized spacial score (nSPS) is 15.6. The van der Waals surface area contributed by atoms with Gasteiger partial charge in [0.2, 0.25) is 5.91 Å². The van der Waals surface area contributed by atoms with Crippen molar-refractivity contribution in [3.63, 3.8) is 0 Å². The van der Waals surface area contributed by atoms with E-state index < -0.39 is 5.82 Å². The number of hydrogen-bond donors (Lipinski definition) is 2. The van der Waals surface area contributed by atoms with E-state index in [4.69, 9.17) is 0 Å². The van der Waals surface area contributed by atoms with Crippen LogP contribution < -0.4 is 15.5 Å². The second kappa shape index (κ2) is 8.96. The number of para-hydroxylation sites is 1. The first-order chi connectivity index (χ1) is 16.1. The molecule has 0 aromatic heterocycles. The van der Waals surface area contributed by atoms with Gasteiger partial charge in [-0.25, -0.2) is 9.18 Å². The standard InChI is InChI=1S/C26H20FN3O2S/c27-21-12-3-4-14-23(21)30-24(31)16-33-25(30)18-9-5-10-19(15-18)28-26(32)29-22-13-6-8-17-7-1-2-11-20(17)22/h1-15,25H,16H2,(H2,28,29,32). The van der Waals surface area contributed by atoms with Crippen molar-refractivity contribution < 1.29 is 14.0 Å². The lowest BCUT2D eigenvalue weighted by Crippen LogP contribution is -2.28. The minimum atomic E-state index is -0.443. The fourth-order valence-corrected chi connectivity index (χ4v) is 5.13. The second-order valence-corrected chi connectivity index (χ2v) is 8.68. The van der Waals surface area contributed by atoms with E-state index >= 15 is 0 Å². The molecule has 33 heavy (non-hydrogen) atoms. The van der Waals surface area contributed by atoms with Gasteiger partial charge in [0.1, 0.15) is 11.2 Å². The van der Waals surface area contributed by atoms with E-state index in [1.54, 1.807) is 24.3 Å². The van der Waals surface area contributed by atoms with Crippen molar-refractivity contribution in [2.75, 3.05) is 21.3 Å². The lowest BCUT2D eigenvalue weighted by molar-refractivity contribution is -0.115. The highest BCUT2D eigenvalue weighted by Gasteiger charge is 2.35. The first-order valence-electron chi connectivity index (χ1n) is 10.4. The van der Waals surface area contributed by atoms with Gasteiger partial charge in [0, 0.05) is 11.1 Å². The summed E-state index contributed by atoms with van der Waals surface area (Å²) in [7, 11) is 0. The molecule has 0 radical (unpaired) electrons. The number of hydrogen-bond acceptors (Lipinski definition) is 3. The van der Waals surface area contributed by atoms with Crippen LogP contribution in [0.5, 0.6) is 0 Å². The Balaban J connectivity index is 1.36. The van der Waals surface area contributed by atoms with E-state index in [0.29, 0.717) is 11.4 Å². The summed E-state index contributed by atoms with van der Waals surface area (Å²) in [5.41, 5.74) is 2.35. The molecule has 4 aromatic carbocycles. The van der Waals surface area contributed by atoms with Gasteiger partial charge in [0.05, 0.1) is 17.1 Å². The molecule has 2 N–H and O–H groups in total. The molecule has 7 heteroatoms. The van der Waals surface area contributed by atoms with Gasteiger partial charge in [-0.2, -0.15) is 0 Å². The van der Waals surface area contributed by atoms with Crippen molar-refractivity contribution in [2.45, 2.75) is 5.37 Å². The number of benzene rings is 4. The van der Waals surface area contributed by atoms with Crippen molar-refractivity contribution >= 4 is 51.5 Å². The van der Waals surface area contributed by atoms with Gasteiger partial charge in [-0.05, 0) is 41.3 Å². The zero-order valence-electron chi connectivity index (χ0n) is 17.5. The highest BCUT2D eigenvalue weighted by molar-refractivity contribution is 8.00. The van der Waals surface area contributed by atoms with Gasteiger partial charge in [-0.1, -0.05) is 60.7 Å². The predicted molar refractivity (Wildman–Crippen MR) is 132 cm³/mol. The third kappa shape index (κ3) is 4.27. The molecule has 0 aliphatic carbocycles. The van der Waals surface area contributed by atoms with Gasteiger partial charge in [0.25, 0.3) is 0 Å². The monoisotopic (exact) mass is 457 g/mol. The molecule has 1 saturated heterocycles. The summed E-state index contributed by atoms with van der Waals surface area (Å²) in [5.74, 6) is -0.331. The molecule has 0 saturated carbocycles. The highest BCUT2D eigenvalue weighted by atomic mass is 32.2. The zero-order valence-corrected chi connectivity index (χ0v) is 18.3. The number of nitrogens with one attached hydrogen (secondary N) is 2. The SMILES string of the molecule is O=C(Nc1cccc(C2SCC(=O)N2c2ccccc2F)c1)Nc1cccc2ccccc12. The molecule has 1 unspecified atom stereocenters. The second-order valence-electron chi connectivity index (χ2n) is 7.61. The number of thioether (sulfide) groups is 1. The largest absolute Gasteiger partial charge is 0.323 e. The van der Waals surface area contributed by atoms with Crippen molar-refractivity contribution in [3.8, 4) is 0 Å². The molecule has 1 aliphatic heterocycles. The molecule has 3 amide bonds. The summed E-state index contributed by atoms with van der Waals surface area (Å²) in [6.45, 7) is 0. The maximum absolute atomic E-state index is 14.4. The van der Waals surface area contributed by atoms with Crippen LogP contribution in [-0.4, -0.2) is 17.7 Å². The lowest BCUT2D eigenvalue weighted by atomic mass is 10.1. The molecule has 4 aromatic rings. The summed E-state index contributed by atoms with van der Waals surface area (Å²) in [6.07, 6.45) is 0. The van der Waals surface area contributed by atoms with Crippen LogP contribution in [0.15, 0.2) is 91.0 Å². The number of rotatable bonds is 4. The molecular weight excluding hydrogens is 437 g/mol. The third-order valence-corrected chi connectivity index (χ3v) is 6.66. The summed E-state index contributed by atoms with van der Waals surface area (Å²) < 4.78 is 14.4. The third-order valence-electron chi connectivity index (χ3n) is 5.45. The summed E-state index contributed by atoms with van der Waals surface area (Å²) in [4.78, 5) is 26.7. The van der Waals surface area contributed by atoms with E-state index in [0.717, 1.165) is 16.3 Å². The van der Waals surface area contributed by atoms with Crippen LogP contribution in [0.1, 0.15) is 10.9 Å². The van der Waals surface area contributed by atoms with Crippen LogP contribution in [0.2, 0.25) is 0 Å². The van der Waals surface area contributed by atoms with Crippen LogP contribution in [0.25, 0.3) is 10.8 Å². The highest BCUT2D eigenvalue weighted by Crippen LogP contribution is 2.43. The Hall–Kier alpha value is -3.84. The number of carbonyl (C=O) groups is 2. The molecule has 1 atom stereocenters. The molecule has 164 valence electrons. The first kappa shape index (κ1) is 21.0. The summed E-state index contributed by atoms with van der Waals surface area (Å²) in [5, 5.41) is 7.37. The fourth-order valence-electron chi connectivity index (χ4n) is 3.97.